The van der Waals surface area contributed by atoms with E-state index in [0.29, 0.717) is 17.8 Å². The first-order chi connectivity index (χ1) is 25.6. The van der Waals surface area contributed by atoms with Crippen molar-refractivity contribution in [2.45, 2.75) is 123 Å². The summed E-state index contributed by atoms with van der Waals surface area (Å²) in [7, 11) is 8.01. The topological polar surface area (TPSA) is 178 Å². The molecule has 7 atom stereocenters. The summed E-state index contributed by atoms with van der Waals surface area (Å²) in [6, 6.07) is 4.36. The number of thiazole rings is 1. The summed E-state index contributed by atoms with van der Waals surface area (Å²) in [5.74, 6) is -3.40. The van der Waals surface area contributed by atoms with Crippen LogP contribution < -0.4 is 10.6 Å². The number of ether oxygens (including phenoxy) is 1. The number of likely N-dealkylation sites (tertiary alicyclic amines) is 1. The molecule has 3 amide bonds. The van der Waals surface area contributed by atoms with E-state index in [1.807, 2.05) is 39.6 Å². The predicted octanol–water partition coefficient (Wildman–Crippen LogP) is 4.75. The Kier molecular flexibility index (Phi) is 17.4. The predicted molar refractivity (Wildman–Crippen MR) is 208 cm³/mol. The molecule has 1 aromatic heterocycles. The van der Waals surface area contributed by atoms with Gasteiger partial charge in [0.15, 0.2) is 6.10 Å². The number of carboxylic acid groups (broad SMARTS) is 1. The van der Waals surface area contributed by atoms with Crippen molar-refractivity contribution in [3.63, 3.8) is 0 Å². The van der Waals surface area contributed by atoms with Crippen LogP contribution in [-0.2, 0) is 30.3 Å². The maximum absolute atomic E-state index is 14.5. The summed E-state index contributed by atoms with van der Waals surface area (Å²) >= 11 is 1.14. The van der Waals surface area contributed by atoms with Crippen LogP contribution in [0.2, 0.25) is 6.32 Å². The molecule has 15 heteroatoms. The summed E-state index contributed by atoms with van der Waals surface area (Å²) in [6.07, 6.45) is 3.28. The van der Waals surface area contributed by atoms with Gasteiger partial charge in [-0.25, -0.2) is 4.98 Å². The van der Waals surface area contributed by atoms with Gasteiger partial charge in [-0.05, 0) is 68.8 Å². The Morgan fingerprint density at radius 2 is 1.76 bits per heavy atom. The van der Waals surface area contributed by atoms with Gasteiger partial charge in [0, 0.05) is 37.4 Å². The third kappa shape index (κ3) is 12.8. The molecular formula is C39H58BN5O8S. The van der Waals surface area contributed by atoms with E-state index in [2.05, 4.69) is 15.6 Å². The molecule has 1 saturated heterocycles. The first-order valence-corrected chi connectivity index (χ1v) is 19.9. The Morgan fingerprint density at radius 3 is 2.33 bits per heavy atom. The summed E-state index contributed by atoms with van der Waals surface area (Å²) in [5, 5.41) is 27.2. The SMILES string of the molecule is [B]CCN(C(=O)[C@@H](NC(=O)[C@H]1CCCCN1C)C(C)CC)[C@H](C[C@@H](OC(C)=O)c1nc(C(=O)N[C@@H](Cc2ccc(O)cc2)C[C@H](C)C(=O)O)cs1)C(C)C. The molecule has 0 spiro atoms. The highest BCUT2D eigenvalue weighted by atomic mass is 32.1. The second-order valence-electron chi connectivity index (χ2n) is 14.9. The summed E-state index contributed by atoms with van der Waals surface area (Å²) < 4.78 is 5.80. The molecule has 1 aliphatic rings. The molecule has 2 heterocycles. The number of phenols is 1. The number of benzene rings is 1. The van der Waals surface area contributed by atoms with Gasteiger partial charge < -0.3 is 30.5 Å². The molecule has 2 aromatic rings. The first-order valence-electron chi connectivity index (χ1n) is 19.0. The van der Waals surface area contributed by atoms with Crippen LogP contribution in [0.25, 0.3) is 0 Å². The molecule has 1 unspecified atom stereocenters. The van der Waals surface area contributed by atoms with Crippen LogP contribution in [0.5, 0.6) is 5.75 Å². The van der Waals surface area contributed by atoms with E-state index in [4.69, 9.17) is 12.6 Å². The van der Waals surface area contributed by atoms with Gasteiger partial charge in [-0.1, -0.05) is 65.9 Å². The number of carbonyl (C=O) groups excluding carboxylic acids is 4. The van der Waals surface area contributed by atoms with Crippen LogP contribution >= 0.6 is 11.3 Å². The lowest BCUT2D eigenvalue weighted by atomic mass is 9.91. The molecule has 0 bridgehead atoms. The van der Waals surface area contributed by atoms with Gasteiger partial charge in [-0.3, -0.25) is 28.9 Å². The number of likely N-dealkylation sites (N-methyl/N-ethyl adjacent to an activating group) is 1. The van der Waals surface area contributed by atoms with Gasteiger partial charge in [0.1, 0.15) is 22.5 Å². The molecule has 3 rings (SSSR count). The maximum Gasteiger partial charge on any atom is 0.306 e. The third-order valence-corrected chi connectivity index (χ3v) is 11.2. The molecule has 54 heavy (non-hydrogen) atoms. The van der Waals surface area contributed by atoms with Crippen LogP contribution in [-0.4, -0.2) is 107 Å². The van der Waals surface area contributed by atoms with Crippen molar-refractivity contribution in [1.29, 1.82) is 0 Å². The van der Waals surface area contributed by atoms with Crippen molar-refractivity contribution in [3.8, 4) is 5.75 Å². The second-order valence-corrected chi connectivity index (χ2v) is 15.8. The van der Waals surface area contributed by atoms with E-state index >= 15 is 0 Å². The molecule has 0 saturated carbocycles. The zero-order chi connectivity index (χ0) is 40.1. The lowest BCUT2D eigenvalue weighted by Gasteiger charge is -2.40. The Morgan fingerprint density at radius 1 is 1.07 bits per heavy atom. The number of aromatic hydroxyl groups is 1. The number of rotatable bonds is 20. The Balaban J connectivity index is 1.88. The van der Waals surface area contributed by atoms with Gasteiger partial charge >= 0.3 is 11.9 Å². The number of hydrogen-bond acceptors (Lipinski definition) is 10. The number of hydrogen-bond donors (Lipinski definition) is 4. The van der Waals surface area contributed by atoms with Crippen molar-refractivity contribution < 1.29 is 38.9 Å². The molecular weight excluding hydrogens is 709 g/mol. The van der Waals surface area contributed by atoms with Crippen molar-refractivity contribution >= 4 is 48.8 Å². The molecule has 0 aliphatic carbocycles. The van der Waals surface area contributed by atoms with Crippen molar-refractivity contribution in [3.05, 3.63) is 45.9 Å². The van der Waals surface area contributed by atoms with Crippen LogP contribution in [0.1, 0.15) is 107 Å². The molecule has 1 aliphatic heterocycles. The Labute approximate surface area is 325 Å². The lowest BCUT2D eigenvalue weighted by Crippen LogP contribution is -2.58. The van der Waals surface area contributed by atoms with Crippen LogP contribution in [0.15, 0.2) is 29.6 Å². The smallest absolute Gasteiger partial charge is 0.306 e. The first kappa shape index (κ1) is 44.4. The summed E-state index contributed by atoms with van der Waals surface area (Å²) in [4.78, 5) is 74.0. The van der Waals surface area contributed by atoms with Crippen LogP contribution in [0, 0.1) is 17.8 Å². The van der Waals surface area contributed by atoms with Gasteiger partial charge in [0.2, 0.25) is 11.8 Å². The molecule has 1 aromatic carbocycles. The fraction of sp³-hybridized carbons (Fsp3) is 0.641. The second kappa shape index (κ2) is 21.2. The van der Waals surface area contributed by atoms with E-state index in [0.717, 1.165) is 42.7 Å². The van der Waals surface area contributed by atoms with Crippen molar-refractivity contribution in [2.75, 3.05) is 20.1 Å². The lowest BCUT2D eigenvalue weighted by molar-refractivity contribution is -0.149. The van der Waals surface area contributed by atoms with E-state index in [1.54, 1.807) is 29.3 Å². The monoisotopic (exact) mass is 767 g/mol. The number of nitrogens with zero attached hydrogens (tertiary/aromatic N) is 3. The van der Waals surface area contributed by atoms with Crippen LogP contribution in [0.3, 0.4) is 0 Å². The fourth-order valence-electron chi connectivity index (χ4n) is 6.91. The zero-order valence-electron chi connectivity index (χ0n) is 32.7. The number of amides is 3. The van der Waals surface area contributed by atoms with E-state index in [-0.39, 0.29) is 66.8 Å². The molecule has 2 radical (unpaired) electrons. The minimum Gasteiger partial charge on any atom is -0.508 e. The Bertz CT molecular complexity index is 1560. The molecule has 4 N–H and O–H groups in total. The number of piperidine rings is 1. The number of aliphatic carboxylic acids is 1. The number of carboxylic acids is 1. The zero-order valence-corrected chi connectivity index (χ0v) is 33.6. The van der Waals surface area contributed by atoms with Gasteiger partial charge in [-0.2, -0.15) is 0 Å². The highest BCUT2D eigenvalue weighted by Gasteiger charge is 2.38. The molecule has 13 nitrogen and oxygen atoms in total. The standard InChI is InChI=1S/C39H58BN5O8S/c1-8-24(4)34(43-36(49)31-11-9-10-17-44(31)7)38(50)45(18-16-40)32(23(2)3)21-33(53-26(6)46)37-42-30(22-54-37)35(48)41-28(19-25(5)39(51)52)20-27-12-14-29(47)15-13-27/h12-15,22-25,28,31-34,47H,8-11,16-21H2,1-7H3,(H,41,48)(H,43,49)(H,51,52)/t24?,25-,28+,31+,32+,33+,34-/m0/s1. The van der Waals surface area contributed by atoms with E-state index < -0.39 is 48.0 Å². The number of phenolic OH excluding ortho intramolecular Hbond substituents is 1. The molecule has 1 fully saturated rings. The quantitative estimate of drug-likeness (QED) is 0.109. The largest absolute Gasteiger partial charge is 0.508 e. The third-order valence-electron chi connectivity index (χ3n) is 10.3. The van der Waals surface area contributed by atoms with Gasteiger partial charge in [0.25, 0.3) is 5.91 Å². The van der Waals surface area contributed by atoms with Crippen molar-refractivity contribution in [1.82, 2.24) is 25.4 Å². The maximum atomic E-state index is 14.5. The molecule has 296 valence electrons. The number of esters is 1. The van der Waals surface area contributed by atoms with Gasteiger partial charge in [-0.15, -0.1) is 11.3 Å². The average Bonchev–Trinajstić information content (AvgIpc) is 3.62. The Hall–Kier alpha value is -3.98. The summed E-state index contributed by atoms with van der Waals surface area (Å²) in [5.41, 5.74) is 0.881. The average molecular weight is 768 g/mol. The highest BCUT2D eigenvalue weighted by Crippen LogP contribution is 2.32. The van der Waals surface area contributed by atoms with Crippen molar-refractivity contribution in [2.24, 2.45) is 17.8 Å². The summed E-state index contributed by atoms with van der Waals surface area (Å²) in [6.45, 7) is 11.7. The normalized spacial score (nSPS) is 18.1. The highest BCUT2D eigenvalue weighted by molar-refractivity contribution is 7.09. The fourth-order valence-corrected chi connectivity index (χ4v) is 7.75. The van der Waals surface area contributed by atoms with E-state index in [1.165, 1.54) is 19.1 Å². The number of aromatic nitrogens is 1. The van der Waals surface area contributed by atoms with Gasteiger partial charge in [0.05, 0.1) is 19.8 Å². The van der Waals surface area contributed by atoms with Crippen LogP contribution in [0.4, 0.5) is 0 Å². The number of nitrogens with one attached hydrogen (secondary N) is 2. The van der Waals surface area contributed by atoms with E-state index in [9.17, 15) is 34.2 Å². The minimum absolute atomic E-state index is 0.0778. The minimum atomic E-state index is -0.989. The number of carbonyl (C=O) groups is 5.